The van der Waals surface area contributed by atoms with Gasteiger partial charge in [0.2, 0.25) is 5.56 Å². The van der Waals surface area contributed by atoms with Gasteiger partial charge in [0.1, 0.15) is 5.84 Å². The van der Waals surface area contributed by atoms with Gasteiger partial charge in [-0.15, -0.1) is 11.6 Å². The molecule has 3 N–H and O–H groups in total. The van der Waals surface area contributed by atoms with Crippen LogP contribution in [-0.2, 0) is 0 Å². The van der Waals surface area contributed by atoms with Crippen molar-refractivity contribution in [1.29, 1.82) is 0 Å². The molecule has 2 rings (SSSR count). The van der Waals surface area contributed by atoms with Crippen molar-refractivity contribution in [3.63, 3.8) is 0 Å². The van der Waals surface area contributed by atoms with E-state index in [9.17, 15) is 4.79 Å². The number of aliphatic imine (C=N–C) groups is 1. The highest BCUT2D eigenvalue weighted by atomic mass is 35.5. The Morgan fingerprint density at radius 1 is 1.28 bits per heavy atom. The molecule has 18 heavy (non-hydrogen) atoms. The maximum Gasteiger partial charge on any atom is 0.248 e. The van der Waals surface area contributed by atoms with Crippen LogP contribution in [-0.4, -0.2) is 16.7 Å². The summed E-state index contributed by atoms with van der Waals surface area (Å²) in [7, 11) is 0. The zero-order valence-corrected chi connectivity index (χ0v) is 10.3. The molecule has 0 amide bonds. The van der Waals surface area contributed by atoms with Gasteiger partial charge in [-0.25, -0.2) is 4.99 Å². The van der Waals surface area contributed by atoms with Gasteiger partial charge < -0.3 is 10.7 Å². The smallest absolute Gasteiger partial charge is 0.248 e. The largest absolute Gasteiger partial charge is 0.386 e. The molecule has 5 heteroatoms. The van der Waals surface area contributed by atoms with E-state index >= 15 is 0 Å². The quantitative estimate of drug-likeness (QED) is 0.505. The minimum Gasteiger partial charge on any atom is -0.386 e. The number of alkyl halides is 1. The Morgan fingerprint density at radius 3 is 2.78 bits per heavy atom. The average molecular weight is 262 g/mol. The highest BCUT2D eigenvalue weighted by molar-refractivity contribution is 6.28. The van der Waals surface area contributed by atoms with E-state index in [-0.39, 0.29) is 11.4 Å². The summed E-state index contributed by atoms with van der Waals surface area (Å²) in [6.07, 6.45) is 0. The zero-order valence-electron chi connectivity index (χ0n) is 9.56. The number of H-pyrrole nitrogens is 1. The summed E-state index contributed by atoms with van der Waals surface area (Å²) < 4.78 is 0. The topological polar surface area (TPSA) is 71.2 Å². The predicted octanol–water partition coefficient (Wildman–Crippen LogP) is 2.27. The summed E-state index contributed by atoms with van der Waals surface area (Å²) in [5.74, 6) is 0.544. The number of hydrogen-bond donors (Lipinski definition) is 2. The minimum atomic E-state index is -0.137. The molecule has 0 aliphatic carbocycles. The maximum absolute atomic E-state index is 11.3. The van der Waals surface area contributed by atoms with Crippen LogP contribution in [0.2, 0.25) is 0 Å². The molecule has 0 aliphatic rings. The van der Waals surface area contributed by atoms with Crippen LogP contribution in [0.5, 0.6) is 0 Å². The van der Waals surface area contributed by atoms with E-state index in [1.807, 2.05) is 30.3 Å². The fraction of sp³-hybridized carbons (Fsp3) is 0.0769. The Bertz CT molecular complexity index is 634. The molecule has 0 unspecified atom stereocenters. The van der Waals surface area contributed by atoms with Crippen LogP contribution in [0.25, 0.3) is 11.3 Å². The fourth-order valence-corrected chi connectivity index (χ4v) is 1.61. The molecule has 0 fully saturated rings. The number of aromatic nitrogens is 1. The SMILES string of the molecule is NC(CCl)=Nc1cccc(-c2cccc(=O)[nH]2)c1. The normalized spacial score (nSPS) is 11.5. The molecule has 0 bridgehead atoms. The van der Waals surface area contributed by atoms with E-state index in [0.717, 1.165) is 11.3 Å². The molecule has 0 spiro atoms. The summed E-state index contributed by atoms with van der Waals surface area (Å²) in [5.41, 5.74) is 7.76. The summed E-state index contributed by atoms with van der Waals surface area (Å²) >= 11 is 5.58. The number of pyridine rings is 1. The molecule has 4 nitrogen and oxygen atoms in total. The molecular formula is C13H12ClN3O. The Kier molecular flexibility index (Phi) is 3.79. The lowest BCUT2D eigenvalue weighted by Crippen LogP contribution is -2.12. The van der Waals surface area contributed by atoms with Gasteiger partial charge in [0, 0.05) is 17.3 Å². The third-order valence-corrected chi connectivity index (χ3v) is 2.61. The van der Waals surface area contributed by atoms with Crippen LogP contribution >= 0.6 is 11.6 Å². The van der Waals surface area contributed by atoms with Gasteiger partial charge >= 0.3 is 0 Å². The van der Waals surface area contributed by atoms with Crippen molar-refractivity contribution in [2.24, 2.45) is 10.7 Å². The van der Waals surface area contributed by atoms with E-state index in [4.69, 9.17) is 17.3 Å². The molecule has 0 radical (unpaired) electrons. The predicted molar refractivity (Wildman–Crippen MR) is 74.5 cm³/mol. The highest BCUT2D eigenvalue weighted by Crippen LogP contribution is 2.21. The Morgan fingerprint density at radius 2 is 2.06 bits per heavy atom. The summed E-state index contributed by atoms with van der Waals surface area (Å²) in [6, 6.07) is 12.4. The summed E-state index contributed by atoms with van der Waals surface area (Å²) in [6.45, 7) is 0. The number of halogens is 1. The van der Waals surface area contributed by atoms with Gasteiger partial charge in [0.15, 0.2) is 0 Å². The lowest BCUT2D eigenvalue weighted by Gasteiger charge is -2.03. The first-order chi connectivity index (χ1) is 8.69. The lowest BCUT2D eigenvalue weighted by atomic mass is 10.1. The van der Waals surface area contributed by atoms with Crippen LogP contribution < -0.4 is 11.3 Å². The molecule has 2 aromatic rings. The standard InChI is InChI=1S/C13H12ClN3O/c14-8-12(15)16-10-4-1-3-9(7-10)11-5-2-6-13(18)17-11/h1-7H,8H2,(H2,15,16)(H,17,18). The monoisotopic (exact) mass is 261 g/mol. The van der Waals surface area contributed by atoms with Crippen molar-refractivity contribution in [2.45, 2.75) is 0 Å². The van der Waals surface area contributed by atoms with Crippen LogP contribution in [0.3, 0.4) is 0 Å². The Hall–Kier alpha value is -2.07. The van der Waals surface area contributed by atoms with E-state index in [2.05, 4.69) is 9.98 Å². The number of benzene rings is 1. The maximum atomic E-state index is 11.3. The van der Waals surface area contributed by atoms with E-state index in [0.29, 0.717) is 11.5 Å². The first kappa shape index (κ1) is 12.4. The third-order valence-electron chi connectivity index (χ3n) is 2.34. The number of aromatic amines is 1. The molecule has 0 aliphatic heterocycles. The van der Waals surface area contributed by atoms with Crippen molar-refractivity contribution in [1.82, 2.24) is 4.98 Å². The summed E-state index contributed by atoms with van der Waals surface area (Å²) in [5, 5.41) is 0. The Balaban J connectivity index is 2.42. The van der Waals surface area contributed by atoms with Crippen molar-refractivity contribution < 1.29 is 0 Å². The van der Waals surface area contributed by atoms with Gasteiger partial charge in [-0.3, -0.25) is 4.79 Å². The molecule has 0 atom stereocenters. The van der Waals surface area contributed by atoms with Gasteiger partial charge in [0.25, 0.3) is 0 Å². The first-order valence-electron chi connectivity index (χ1n) is 5.38. The fourth-order valence-electron chi connectivity index (χ4n) is 1.55. The van der Waals surface area contributed by atoms with Gasteiger partial charge in [-0.2, -0.15) is 0 Å². The number of amidine groups is 1. The number of nitrogens with one attached hydrogen (secondary N) is 1. The number of rotatable bonds is 3. The second kappa shape index (κ2) is 5.51. The van der Waals surface area contributed by atoms with Gasteiger partial charge in [-0.05, 0) is 18.2 Å². The van der Waals surface area contributed by atoms with Crippen LogP contribution in [0.4, 0.5) is 5.69 Å². The number of hydrogen-bond acceptors (Lipinski definition) is 2. The van der Waals surface area contributed by atoms with Crippen molar-refractivity contribution in [3.05, 3.63) is 52.8 Å². The van der Waals surface area contributed by atoms with Gasteiger partial charge in [0.05, 0.1) is 11.6 Å². The molecule has 0 saturated heterocycles. The van der Waals surface area contributed by atoms with Gasteiger partial charge in [-0.1, -0.05) is 18.2 Å². The van der Waals surface area contributed by atoms with Crippen molar-refractivity contribution in [3.8, 4) is 11.3 Å². The molecular weight excluding hydrogens is 250 g/mol. The number of nitrogens with zero attached hydrogens (tertiary/aromatic N) is 1. The molecule has 92 valence electrons. The second-order valence-corrected chi connectivity index (χ2v) is 3.98. The van der Waals surface area contributed by atoms with Crippen LogP contribution in [0.1, 0.15) is 0 Å². The Labute approximate surface area is 109 Å². The first-order valence-corrected chi connectivity index (χ1v) is 5.91. The molecule has 1 aromatic carbocycles. The highest BCUT2D eigenvalue weighted by Gasteiger charge is 2.00. The summed E-state index contributed by atoms with van der Waals surface area (Å²) in [4.78, 5) is 18.2. The average Bonchev–Trinajstić information content (AvgIpc) is 2.39. The third kappa shape index (κ3) is 2.99. The van der Waals surface area contributed by atoms with E-state index in [1.165, 1.54) is 6.07 Å². The van der Waals surface area contributed by atoms with Crippen LogP contribution in [0.15, 0.2) is 52.3 Å². The lowest BCUT2D eigenvalue weighted by molar-refractivity contribution is 1.24. The second-order valence-electron chi connectivity index (χ2n) is 3.72. The van der Waals surface area contributed by atoms with Crippen molar-refractivity contribution in [2.75, 3.05) is 5.88 Å². The minimum absolute atomic E-state index is 0.137. The van der Waals surface area contributed by atoms with E-state index in [1.54, 1.807) is 6.07 Å². The molecule has 1 aromatic heterocycles. The molecule has 1 heterocycles. The van der Waals surface area contributed by atoms with Crippen LogP contribution in [0, 0.1) is 0 Å². The zero-order chi connectivity index (χ0) is 13.0. The number of nitrogens with two attached hydrogens (primary N) is 1. The van der Waals surface area contributed by atoms with E-state index < -0.39 is 0 Å². The van der Waals surface area contributed by atoms with Crippen molar-refractivity contribution >= 4 is 23.1 Å². The molecule has 0 saturated carbocycles.